The van der Waals surface area contributed by atoms with Gasteiger partial charge in [-0.2, -0.15) is 13.2 Å². The molecule has 3 aromatic carbocycles. The van der Waals surface area contributed by atoms with E-state index in [2.05, 4.69) is 5.32 Å². The van der Waals surface area contributed by atoms with Crippen LogP contribution in [0.25, 0.3) is 22.6 Å². The number of alkyl halides is 3. The van der Waals surface area contributed by atoms with Crippen molar-refractivity contribution >= 4 is 57.4 Å². The first-order valence-corrected chi connectivity index (χ1v) is 14.9. The van der Waals surface area contributed by atoms with Gasteiger partial charge in [0.25, 0.3) is 5.91 Å². The van der Waals surface area contributed by atoms with Gasteiger partial charge in [0, 0.05) is 23.5 Å². The van der Waals surface area contributed by atoms with E-state index in [-0.39, 0.29) is 5.69 Å². The summed E-state index contributed by atoms with van der Waals surface area (Å²) in [4.78, 5) is 33.4. The lowest BCUT2D eigenvalue weighted by Gasteiger charge is -2.31. The highest BCUT2D eigenvalue weighted by atomic mass is 35.5. The maximum absolute atomic E-state index is 13.7. The molecule has 2 aliphatic rings. The molecule has 11 heteroatoms. The zero-order chi connectivity index (χ0) is 31.6. The van der Waals surface area contributed by atoms with Crippen LogP contribution in [0.1, 0.15) is 45.6 Å². The maximum atomic E-state index is 13.7. The number of ether oxygens (including phenoxy) is 2. The van der Waals surface area contributed by atoms with Crippen molar-refractivity contribution in [2.75, 3.05) is 43.1 Å². The van der Waals surface area contributed by atoms with Crippen molar-refractivity contribution < 1.29 is 32.2 Å². The van der Waals surface area contributed by atoms with E-state index in [9.17, 15) is 22.8 Å². The lowest BCUT2D eigenvalue weighted by atomic mass is 9.86. The quantitative estimate of drug-likeness (QED) is 0.222. The van der Waals surface area contributed by atoms with Crippen molar-refractivity contribution in [3.8, 4) is 0 Å². The molecule has 1 amide bonds. The van der Waals surface area contributed by atoms with Gasteiger partial charge in [0.15, 0.2) is 6.61 Å². The zero-order valence-corrected chi connectivity index (χ0v) is 24.9. The molecule has 0 spiro atoms. The number of carbonyl (C=O) groups excluding carboxylic acids is 2. The molecule has 0 radical (unpaired) electrons. The molecule has 0 saturated carbocycles. The topological polar surface area (TPSA) is 80.8 Å². The number of benzene rings is 3. The van der Waals surface area contributed by atoms with E-state index >= 15 is 0 Å². The Morgan fingerprint density at radius 3 is 2.53 bits per heavy atom. The van der Waals surface area contributed by atoms with Crippen LogP contribution in [0.2, 0.25) is 5.02 Å². The number of morpholine rings is 1. The smallest absolute Gasteiger partial charge is 0.416 e. The van der Waals surface area contributed by atoms with E-state index < -0.39 is 30.2 Å². The monoisotopic (exact) mass is 635 g/mol. The number of fused-ring (bicyclic) bond motifs is 2. The number of pyridine rings is 1. The second-order valence-electron chi connectivity index (χ2n) is 10.9. The normalized spacial score (nSPS) is 16.0. The molecule has 0 unspecified atom stereocenters. The summed E-state index contributed by atoms with van der Waals surface area (Å²) in [7, 11) is 0. The largest absolute Gasteiger partial charge is 0.452 e. The predicted octanol–water partition coefficient (Wildman–Crippen LogP) is 7.42. The molecule has 7 nitrogen and oxygen atoms in total. The Labute approximate surface area is 262 Å². The van der Waals surface area contributed by atoms with Crippen molar-refractivity contribution in [3.05, 3.63) is 99.7 Å². The number of anilines is 2. The second-order valence-corrected chi connectivity index (χ2v) is 11.3. The predicted molar refractivity (Wildman–Crippen MR) is 167 cm³/mol. The molecule has 2 heterocycles. The molecule has 1 aromatic heterocycles. The fraction of sp³-hybridized carbons (Fsp3) is 0.265. The van der Waals surface area contributed by atoms with E-state index in [0.717, 1.165) is 41.7 Å². The summed E-state index contributed by atoms with van der Waals surface area (Å²) in [6.45, 7) is 1.05. The van der Waals surface area contributed by atoms with Crippen molar-refractivity contribution in [3.63, 3.8) is 0 Å². The Kier molecular flexibility index (Phi) is 8.78. The van der Waals surface area contributed by atoms with Crippen molar-refractivity contribution in [2.24, 2.45) is 0 Å². The summed E-state index contributed by atoms with van der Waals surface area (Å²) in [5.74, 6) is -1.46. The average Bonchev–Trinajstić information content (AvgIpc) is 3.04. The van der Waals surface area contributed by atoms with Gasteiger partial charge in [0.05, 0.1) is 46.9 Å². The first-order valence-electron chi connectivity index (χ1n) is 14.6. The number of para-hydroxylation sites is 1. The summed E-state index contributed by atoms with van der Waals surface area (Å²) in [6, 6.07) is 17.9. The molecule has 6 rings (SSSR count). The molecule has 4 aromatic rings. The molecule has 45 heavy (non-hydrogen) atoms. The second kappa shape index (κ2) is 12.9. The summed E-state index contributed by atoms with van der Waals surface area (Å²) >= 11 is 6.06. The van der Waals surface area contributed by atoms with Crippen LogP contribution in [0.5, 0.6) is 0 Å². The average molecular weight is 636 g/mol. The molecule has 1 saturated heterocycles. The van der Waals surface area contributed by atoms with Crippen molar-refractivity contribution in [2.45, 2.75) is 25.4 Å². The van der Waals surface area contributed by atoms with Crippen LogP contribution in [0.4, 0.5) is 24.5 Å². The molecule has 0 atom stereocenters. The van der Waals surface area contributed by atoms with Gasteiger partial charge in [-0.25, -0.2) is 9.78 Å². The summed E-state index contributed by atoms with van der Waals surface area (Å²) < 4.78 is 51.4. The summed E-state index contributed by atoms with van der Waals surface area (Å²) in [5.41, 5.74) is 3.80. The minimum absolute atomic E-state index is 0.0171. The molecular formula is C34H29ClF3N3O4. The van der Waals surface area contributed by atoms with Gasteiger partial charge in [-0.1, -0.05) is 41.9 Å². The van der Waals surface area contributed by atoms with Crippen LogP contribution < -0.4 is 10.2 Å². The number of aromatic nitrogens is 1. The summed E-state index contributed by atoms with van der Waals surface area (Å²) in [5, 5.41) is 3.76. The Bertz CT molecular complexity index is 1780. The number of hydrogen-bond acceptors (Lipinski definition) is 6. The van der Waals surface area contributed by atoms with Crippen LogP contribution >= 0.6 is 11.6 Å². The third-order valence-corrected chi connectivity index (χ3v) is 8.12. The number of amides is 1. The number of allylic oxidation sites excluding steroid dienone is 1. The van der Waals surface area contributed by atoms with Gasteiger partial charge >= 0.3 is 12.1 Å². The van der Waals surface area contributed by atoms with Gasteiger partial charge in [0.2, 0.25) is 0 Å². The minimum atomic E-state index is -4.60. The SMILES string of the molecule is O=C(COC(=O)c1c2c(nc3ccccc13)C(=Cc1ccc(Cl)cc1)CCC2)Nc1cc(C(F)(F)F)ccc1N1CCOCC1. The van der Waals surface area contributed by atoms with Gasteiger partial charge < -0.3 is 19.7 Å². The van der Waals surface area contributed by atoms with Gasteiger partial charge in [0.1, 0.15) is 0 Å². The van der Waals surface area contributed by atoms with E-state index in [4.69, 9.17) is 26.1 Å². The summed E-state index contributed by atoms with van der Waals surface area (Å²) in [6.07, 6.45) is -0.431. The number of nitrogens with zero attached hydrogens (tertiary/aromatic N) is 2. The van der Waals surface area contributed by atoms with Crippen molar-refractivity contribution in [1.29, 1.82) is 0 Å². The molecule has 1 aliphatic heterocycles. The van der Waals surface area contributed by atoms with E-state index in [1.807, 2.05) is 47.4 Å². The molecule has 232 valence electrons. The fourth-order valence-corrected chi connectivity index (χ4v) is 5.88. The first kappa shape index (κ1) is 30.6. The Morgan fingerprint density at radius 2 is 1.78 bits per heavy atom. The Morgan fingerprint density at radius 1 is 1.02 bits per heavy atom. The van der Waals surface area contributed by atoms with E-state index in [1.165, 1.54) is 6.07 Å². The fourth-order valence-electron chi connectivity index (χ4n) is 5.75. The third-order valence-electron chi connectivity index (χ3n) is 7.87. The first-order chi connectivity index (χ1) is 21.7. The molecule has 1 fully saturated rings. The Hall–Kier alpha value is -4.41. The number of rotatable bonds is 6. The highest BCUT2D eigenvalue weighted by molar-refractivity contribution is 6.30. The van der Waals surface area contributed by atoms with Gasteiger partial charge in [-0.3, -0.25) is 4.79 Å². The molecule has 0 bridgehead atoms. The Balaban J connectivity index is 1.27. The third kappa shape index (κ3) is 6.82. The number of esters is 1. The van der Waals surface area contributed by atoms with Crippen LogP contribution in [0, 0.1) is 0 Å². The van der Waals surface area contributed by atoms with Crippen LogP contribution in [0.15, 0.2) is 66.7 Å². The van der Waals surface area contributed by atoms with Gasteiger partial charge in [-0.05, 0) is 78.4 Å². The molecular weight excluding hydrogens is 607 g/mol. The lowest BCUT2D eigenvalue weighted by Crippen LogP contribution is -2.37. The highest BCUT2D eigenvalue weighted by Gasteiger charge is 2.32. The number of halogens is 4. The van der Waals surface area contributed by atoms with Gasteiger partial charge in [-0.15, -0.1) is 0 Å². The van der Waals surface area contributed by atoms with Crippen molar-refractivity contribution in [1.82, 2.24) is 4.98 Å². The number of carbonyl (C=O) groups is 2. The minimum Gasteiger partial charge on any atom is -0.452 e. The van der Waals surface area contributed by atoms with E-state index in [1.54, 1.807) is 12.1 Å². The number of nitrogens with one attached hydrogen (secondary N) is 1. The maximum Gasteiger partial charge on any atom is 0.416 e. The zero-order valence-electron chi connectivity index (χ0n) is 24.1. The standard InChI is InChI=1S/C34H29ClF3N3O4/c35-24-11-8-21(9-12-24)18-22-4-3-6-26-31(25-5-1-2-7-27(25)40-32(22)26)33(43)45-20-30(42)39-28-19-23(34(36,37)38)10-13-29(28)41-14-16-44-17-15-41/h1-2,5,7-13,18-19H,3-4,6,14-17,20H2,(H,39,42). The lowest BCUT2D eigenvalue weighted by molar-refractivity contribution is -0.137. The van der Waals surface area contributed by atoms with E-state index in [0.29, 0.717) is 65.6 Å². The highest BCUT2D eigenvalue weighted by Crippen LogP contribution is 2.38. The molecule has 1 aliphatic carbocycles. The van der Waals surface area contributed by atoms with Crippen LogP contribution in [0.3, 0.4) is 0 Å². The van der Waals surface area contributed by atoms with Crippen LogP contribution in [-0.4, -0.2) is 49.8 Å². The van der Waals surface area contributed by atoms with Crippen LogP contribution in [-0.2, 0) is 26.9 Å². The molecule has 1 N–H and O–H groups in total. The number of hydrogen-bond donors (Lipinski definition) is 1.